The molecule has 2 aromatic carbocycles. The number of carboxylic acids is 1. The Morgan fingerprint density at radius 2 is 1.95 bits per heavy atom. The van der Waals surface area contributed by atoms with E-state index in [1.165, 1.54) is 25.3 Å². The van der Waals surface area contributed by atoms with Crippen molar-refractivity contribution in [1.29, 1.82) is 0 Å². The Bertz CT molecular complexity index is 877. The topological polar surface area (TPSA) is 59.4 Å². The Morgan fingerprint density at radius 3 is 2.68 bits per heavy atom. The third-order valence-electron chi connectivity index (χ3n) is 3.39. The number of methoxy groups -OCH3 is 1. The Kier molecular flexibility index (Phi) is 3.47. The molecule has 4 nitrogen and oxygen atoms in total. The van der Waals surface area contributed by atoms with Gasteiger partial charge in [0.05, 0.1) is 18.4 Å². The average molecular weight is 297 g/mol. The SMILES string of the molecule is COc1cccc(-c2cc(C(=O)O)c3cccc(F)c3n2)c1. The number of halogens is 1. The van der Waals surface area contributed by atoms with E-state index >= 15 is 0 Å². The van der Waals surface area contributed by atoms with Gasteiger partial charge in [-0.25, -0.2) is 14.2 Å². The molecule has 110 valence electrons. The highest BCUT2D eigenvalue weighted by atomic mass is 19.1. The largest absolute Gasteiger partial charge is 0.497 e. The summed E-state index contributed by atoms with van der Waals surface area (Å²) in [5, 5.41) is 9.65. The first-order valence-electron chi connectivity index (χ1n) is 6.57. The molecule has 22 heavy (non-hydrogen) atoms. The zero-order valence-electron chi connectivity index (χ0n) is 11.7. The lowest BCUT2D eigenvalue weighted by Gasteiger charge is -2.08. The number of pyridine rings is 1. The van der Waals surface area contributed by atoms with Crippen molar-refractivity contribution in [2.75, 3.05) is 7.11 Å². The van der Waals surface area contributed by atoms with Gasteiger partial charge in [-0.15, -0.1) is 0 Å². The Labute approximate surface area is 125 Å². The van der Waals surface area contributed by atoms with Gasteiger partial charge in [-0.2, -0.15) is 0 Å². The number of ether oxygens (including phenoxy) is 1. The fourth-order valence-electron chi connectivity index (χ4n) is 2.32. The van der Waals surface area contributed by atoms with Crippen LogP contribution in [0.5, 0.6) is 5.75 Å². The number of rotatable bonds is 3. The van der Waals surface area contributed by atoms with E-state index in [9.17, 15) is 14.3 Å². The number of hydrogen-bond acceptors (Lipinski definition) is 3. The highest BCUT2D eigenvalue weighted by molar-refractivity contribution is 6.03. The smallest absolute Gasteiger partial charge is 0.336 e. The molecule has 0 spiro atoms. The van der Waals surface area contributed by atoms with Crippen molar-refractivity contribution in [3.63, 3.8) is 0 Å². The van der Waals surface area contributed by atoms with Crippen LogP contribution < -0.4 is 4.74 Å². The number of carboxylic acid groups (broad SMARTS) is 1. The van der Waals surface area contributed by atoms with Gasteiger partial charge in [-0.3, -0.25) is 0 Å². The lowest BCUT2D eigenvalue weighted by atomic mass is 10.0. The number of carbonyl (C=O) groups is 1. The molecule has 0 saturated heterocycles. The third-order valence-corrected chi connectivity index (χ3v) is 3.39. The molecule has 0 unspecified atom stereocenters. The van der Waals surface area contributed by atoms with E-state index in [1.54, 1.807) is 30.3 Å². The van der Waals surface area contributed by atoms with Crippen molar-refractivity contribution < 1.29 is 19.0 Å². The zero-order valence-corrected chi connectivity index (χ0v) is 11.7. The van der Waals surface area contributed by atoms with Gasteiger partial charge in [0.25, 0.3) is 0 Å². The minimum absolute atomic E-state index is 0.0160. The van der Waals surface area contributed by atoms with Gasteiger partial charge in [0, 0.05) is 10.9 Å². The van der Waals surface area contributed by atoms with Crippen molar-refractivity contribution in [2.24, 2.45) is 0 Å². The van der Waals surface area contributed by atoms with Crippen LogP contribution in [0.3, 0.4) is 0 Å². The van der Waals surface area contributed by atoms with Crippen LogP contribution in [0.4, 0.5) is 4.39 Å². The summed E-state index contributed by atoms with van der Waals surface area (Å²) in [4.78, 5) is 15.7. The molecule has 1 heterocycles. The summed E-state index contributed by atoms with van der Waals surface area (Å²) >= 11 is 0. The predicted molar refractivity (Wildman–Crippen MR) is 80.6 cm³/mol. The predicted octanol–water partition coefficient (Wildman–Crippen LogP) is 3.75. The van der Waals surface area contributed by atoms with Gasteiger partial charge in [0.2, 0.25) is 0 Å². The highest BCUT2D eigenvalue weighted by Gasteiger charge is 2.15. The first-order valence-corrected chi connectivity index (χ1v) is 6.57. The summed E-state index contributed by atoms with van der Waals surface area (Å²) in [6.45, 7) is 0. The summed E-state index contributed by atoms with van der Waals surface area (Å²) < 4.78 is 19.1. The summed E-state index contributed by atoms with van der Waals surface area (Å²) in [6, 6.07) is 12.7. The molecule has 3 rings (SSSR count). The molecule has 0 amide bonds. The zero-order chi connectivity index (χ0) is 15.7. The number of aromatic nitrogens is 1. The van der Waals surface area contributed by atoms with Crippen LogP contribution in [0.15, 0.2) is 48.5 Å². The molecule has 0 aliphatic carbocycles. The quantitative estimate of drug-likeness (QED) is 0.800. The van der Waals surface area contributed by atoms with E-state index in [0.29, 0.717) is 17.0 Å². The van der Waals surface area contributed by atoms with Gasteiger partial charge in [-0.05, 0) is 24.3 Å². The minimum Gasteiger partial charge on any atom is -0.497 e. The summed E-state index contributed by atoms with van der Waals surface area (Å²) in [5.74, 6) is -1.06. The second kappa shape index (κ2) is 5.44. The van der Waals surface area contributed by atoms with Crippen molar-refractivity contribution in [1.82, 2.24) is 4.98 Å². The fraction of sp³-hybridized carbons (Fsp3) is 0.0588. The Balaban J connectivity index is 2.30. The van der Waals surface area contributed by atoms with E-state index in [1.807, 2.05) is 0 Å². The fourth-order valence-corrected chi connectivity index (χ4v) is 2.32. The number of para-hydroxylation sites is 1. The monoisotopic (exact) mass is 297 g/mol. The second-order valence-corrected chi connectivity index (χ2v) is 4.73. The van der Waals surface area contributed by atoms with E-state index < -0.39 is 11.8 Å². The summed E-state index contributed by atoms with van der Waals surface area (Å²) in [6.07, 6.45) is 0. The molecule has 0 atom stereocenters. The first kappa shape index (κ1) is 14.0. The molecule has 0 bridgehead atoms. The van der Waals surface area contributed by atoms with E-state index in [-0.39, 0.29) is 16.5 Å². The molecule has 3 aromatic rings. The lowest BCUT2D eigenvalue weighted by molar-refractivity contribution is 0.0699. The van der Waals surface area contributed by atoms with Gasteiger partial charge in [-0.1, -0.05) is 24.3 Å². The van der Waals surface area contributed by atoms with Crippen LogP contribution in [-0.4, -0.2) is 23.2 Å². The van der Waals surface area contributed by atoms with E-state index in [4.69, 9.17) is 4.74 Å². The molecule has 0 aliphatic rings. The number of fused-ring (bicyclic) bond motifs is 1. The summed E-state index contributed by atoms with van der Waals surface area (Å²) in [5.41, 5.74) is 1.10. The Morgan fingerprint density at radius 1 is 1.18 bits per heavy atom. The molecule has 0 saturated carbocycles. The van der Waals surface area contributed by atoms with Gasteiger partial charge < -0.3 is 9.84 Å². The van der Waals surface area contributed by atoms with E-state index in [2.05, 4.69) is 4.98 Å². The molecule has 0 fully saturated rings. The first-order chi connectivity index (χ1) is 10.6. The van der Waals surface area contributed by atoms with Gasteiger partial charge in [0.15, 0.2) is 0 Å². The molecule has 1 aromatic heterocycles. The molecule has 0 radical (unpaired) electrons. The van der Waals surface area contributed by atoms with E-state index in [0.717, 1.165) is 0 Å². The lowest BCUT2D eigenvalue weighted by Crippen LogP contribution is -2.01. The molecular weight excluding hydrogens is 285 g/mol. The van der Waals surface area contributed by atoms with Crippen LogP contribution >= 0.6 is 0 Å². The normalized spacial score (nSPS) is 10.6. The molecule has 0 aliphatic heterocycles. The second-order valence-electron chi connectivity index (χ2n) is 4.73. The van der Waals surface area contributed by atoms with Crippen molar-refractivity contribution in [2.45, 2.75) is 0 Å². The maximum absolute atomic E-state index is 14.0. The Hall–Kier alpha value is -2.95. The number of aromatic carboxylic acids is 1. The van der Waals surface area contributed by atoms with Crippen molar-refractivity contribution in [3.05, 3.63) is 59.9 Å². The summed E-state index contributed by atoms with van der Waals surface area (Å²) in [7, 11) is 1.54. The van der Waals surface area contributed by atoms with Crippen LogP contribution in [0.25, 0.3) is 22.2 Å². The molecule has 1 N–H and O–H groups in total. The number of nitrogens with zero attached hydrogens (tertiary/aromatic N) is 1. The van der Waals surface area contributed by atoms with Crippen molar-refractivity contribution >= 4 is 16.9 Å². The molecule has 5 heteroatoms. The minimum atomic E-state index is -1.12. The maximum Gasteiger partial charge on any atom is 0.336 e. The standard InChI is InChI=1S/C17H12FNO3/c1-22-11-5-2-4-10(8-11)15-9-13(17(20)21)12-6-3-7-14(18)16(12)19-15/h2-9H,1H3,(H,20,21). The third kappa shape index (κ3) is 2.37. The maximum atomic E-state index is 14.0. The number of hydrogen-bond donors (Lipinski definition) is 1. The van der Waals surface area contributed by atoms with Crippen LogP contribution in [0, 0.1) is 5.82 Å². The molecular formula is C17H12FNO3. The van der Waals surface area contributed by atoms with Crippen LogP contribution in [-0.2, 0) is 0 Å². The van der Waals surface area contributed by atoms with Crippen molar-refractivity contribution in [3.8, 4) is 17.0 Å². The number of benzene rings is 2. The van der Waals surface area contributed by atoms with Gasteiger partial charge in [0.1, 0.15) is 17.1 Å². The average Bonchev–Trinajstić information content (AvgIpc) is 2.54. The van der Waals surface area contributed by atoms with Gasteiger partial charge >= 0.3 is 5.97 Å². The van der Waals surface area contributed by atoms with Crippen LogP contribution in [0.2, 0.25) is 0 Å². The van der Waals surface area contributed by atoms with Crippen LogP contribution in [0.1, 0.15) is 10.4 Å². The highest BCUT2D eigenvalue weighted by Crippen LogP contribution is 2.28.